The van der Waals surface area contributed by atoms with E-state index in [1.54, 1.807) is 0 Å². The summed E-state index contributed by atoms with van der Waals surface area (Å²) in [6, 6.07) is 0. The normalized spacial score (nSPS) is 12.0. The Hall–Kier alpha value is -1.59. The maximum absolute atomic E-state index is 12.9. The number of carbonyl (C=O) groups excluding carboxylic acids is 3. The Morgan fingerprint density at radius 2 is 0.478 bits per heavy atom. The monoisotopic (exact) mass is 975 g/mol. The summed E-state index contributed by atoms with van der Waals surface area (Å²) in [5.41, 5.74) is 0. The molecule has 0 aromatic carbocycles. The Balaban J connectivity index is 4.23. The van der Waals surface area contributed by atoms with Crippen molar-refractivity contribution in [2.45, 2.75) is 362 Å². The van der Waals surface area contributed by atoms with E-state index in [0.717, 1.165) is 69.6 Å². The fourth-order valence-corrected chi connectivity index (χ4v) is 9.76. The molecule has 6 nitrogen and oxygen atoms in total. The first-order chi connectivity index (χ1) is 33.7. The van der Waals surface area contributed by atoms with Crippen LogP contribution in [0.15, 0.2) is 0 Å². The minimum atomic E-state index is -0.763. The summed E-state index contributed by atoms with van der Waals surface area (Å²) in [6.07, 6.45) is 61.0. The van der Waals surface area contributed by atoms with Crippen LogP contribution in [-0.4, -0.2) is 37.2 Å². The van der Waals surface area contributed by atoms with Crippen molar-refractivity contribution in [3.63, 3.8) is 0 Å². The summed E-state index contributed by atoms with van der Waals surface area (Å²) < 4.78 is 16.9. The van der Waals surface area contributed by atoms with Crippen molar-refractivity contribution in [1.82, 2.24) is 0 Å². The number of carbonyl (C=O) groups is 3. The second-order valence-electron chi connectivity index (χ2n) is 22.6. The molecule has 0 saturated carbocycles. The van der Waals surface area contributed by atoms with E-state index < -0.39 is 6.10 Å². The van der Waals surface area contributed by atoms with Crippen LogP contribution in [0.2, 0.25) is 0 Å². The summed E-state index contributed by atoms with van der Waals surface area (Å²) in [5, 5.41) is 0. The van der Waals surface area contributed by atoms with Crippen LogP contribution in [0.25, 0.3) is 0 Å². The van der Waals surface area contributed by atoms with E-state index in [0.29, 0.717) is 19.3 Å². The van der Waals surface area contributed by atoms with Crippen LogP contribution < -0.4 is 0 Å². The number of esters is 3. The van der Waals surface area contributed by atoms with E-state index in [2.05, 4.69) is 34.6 Å². The van der Waals surface area contributed by atoms with Gasteiger partial charge in [0, 0.05) is 19.3 Å². The molecule has 0 unspecified atom stereocenters. The van der Waals surface area contributed by atoms with Crippen molar-refractivity contribution in [3.8, 4) is 0 Å². The molecule has 0 aliphatic heterocycles. The summed E-state index contributed by atoms with van der Waals surface area (Å²) in [6.45, 7) is 11.5. The highest BCUT2D eigenvalue weighted by Gasteiger charge is 2.19. The highest BCUT2D eigenvalue weighted by Crippen LogP contribution is 2.19. The smallest absolute Gasteiger partial charge is 0.306 e. The average molecular weight is 976 g/mol. The molecule has 0 rings (SSSR count). The number of rotatable bonds is 57. The minimum absolute atomic E-state index is 0.0619. The van der Waals surface area contributed by atoms with Gasteiger partial charge in [0.15, 0.2) is 6.10 Å². The third-order valence-corrected chi connectivity index (χ3v) is 14.5. The molecule has 0 N–H and O–H groups in total. The molecule has 69 heavy (non-hydrogen) atoms. The molecule has 0 aliphatic carbocycles. The van der Waals surface area contributed by atoms with Crippen LogP contribution in [0.3, 0.4) is 0 Å². The molecule has 0 aromatic heterocycles. The van der Waals surface area contributed by atoms with E-state index in [9.17, 15) is 14.4 Å². The zero-order valence-corrected chi connectivity index (χ0v) is 47.5. The van der Waals surface area contributed by atoms with Crippen LogP contribution >= 0.6 is 0 Å². The minimum Gasteiger partial charge on any atom is -0.462 e. The first kappa shape index (κ1) is 67.4. The fourth-order valence-electron chi connectivity index (χ4n) is 9.76. The van der Waals surface area contributed by atoms with E-state index >= 15 is 0 Å². The van der Waals surface area contributed by atoms with E-state index in [4.69, 9.17) is 14.2 Å². The van der Waals surface area contributed by atoms with E-state index in [-0.39, 0.29) is 31.1 Å². The van der Waals surface area contributed by atoms with E-state index in [1.807, 2.05) is 0 Å². The summed E-state index contributed by atoms with van der Waals surface area (Å²) in [5.74, 6) is 0.874. The number of unbranched alkanes of at least 4 members (excludes halogenated alkanes) is 42. The van der Waals surface area contributed by atoms with Crippen LogP contribution in [0, 0.1) is 11.8 Å². The molecule has 1 atom stereocenters. The SMILES string of the molecule is CCCCCCCCCCCCCCC(=O)OC[C@@H](COC(=O)CCCCCCCCCCCCCCCCCCCCC(C)C)OC(=O)CCCCCCCCCCCCCCCCCC(C)C. The Morgan fingerprint density at radius 1 is 0.275 bits per heavy atom. The van der Waals surface area contributed by atoms with Crippen molar-refractivity contribution in [3.05, 3.63) is 0 Å². The lowest BCUT2D eigenvalue weighted by Crippen LogP contribution is -2.30. The van der Waals surface area contributed by atoms with Gasteiger partial charge in [-0.1, -0.05) is 317 Å². The topological polar surface area (TPSA) is 78.9 Å². The zero-order chi connectivity index (χ0) is 50.4. The molecule has 0 radical (unpaired) electrons. The van der Waals surface area contributed by atoms with Crippen molar-refractivity contribution in [2.24, 2.45) is 11.8 Å². The molecule has 0 heterocycles. The molecule has 0 amide bonds. The maximum Gasteiger partial charge on any atom is 0.306 e. The highest BCUT2D eigenvalue weighted by molar-refractivity contribution is 5.71. The second-order valence-corrected chi connectivity index (χ2v) is 22.6. The molecule has 0 aliphatic rings. The quantitative estimate of drug-likeness (QED) is 0.0343. The van der Waals surface area contributed by atoms with Crippen LogP contribution in [0.4, 0.5) is 0 Å². The van der Waals surface area contributed by atoms with Gasteiger partial charge in [0.05, 0.1) is 0 Å². The molecule has 0 bridgehead atoms. The predicted molar refractivity (Wildman–Crippen MR) is 298 cm³/mol. The van der Waals surface area contributed by atoms with Crippen LogP contribution in [-0.2, 0) is 28.6 Å². The van der Waals surface area contributed by atoms with Crippen LogP contribution in [0.1, 0.15) is 356 Å². The van der Waals surface area contributed by atoms with Gasteiger partial charge < -0.3 is 14.2 Å². The van der Waals surface area contributed by atoms with Crippen molar-refractivity contribution in [2.75, 3.05) is 13.2 Å². The van der Waals surface area contributed by atoms with Crippen molar-refractivity contribution >= 4 is 17.9 Å². The Labute approximate surface area is 431 Å². The molecule has 0 spiro atoms. The summed E-state index contributed by atoms with van der Waals surface area (Å²) in [7, 11) is 0. The summed E-state index contributed by atoms with van der Waals surface area (Å²) >= 11 is 0. The second kappa shape index (κ2) is 55.7. The standard InChI is InChI=1S/C63H122O6/c1-6-7-8-9-10-11-12-28-33-38-43-48-53-61(64)67-56-60(69-63(66)55-50-45-40-35-30-25-21-17-19-23-27-32-37-42-47-52-59(4)5)57-68-62(65)54-49-44-39-34-29-24-20-16-14-13-15-18-22-26-31-36-41-46-51-58(2)3/h58-60H,6-57H2,1-5H3/t60-/m0/s1. The molecule has 6 heteroatoms. The number of ether oxygens (including phenoxy) is 3. The van der Waals surface area contributed by atoms with Crippen molar-refractivity contribution in [1.29, 1.82) is 0 Å². The number of hydrogen-bond acceptors (Lipinski definition) is 6. The lowest BCUT2D eigenvalue weighted by atomic mass is 10.0. The third-order valence-electron chi connectivity index (χ3n) is 14.5. The van der Waals surface area contributed by atoms with Gasteiger partial charge in [-0.2, -0.15) is 0 Å². The van der Waals surface area contributed by atoms with Gasteiger partial charge in [-0.3, -0.25) is 14.4 Å². The molecule has 0 fully saturated rings. The van der Waals surface area contributed by atoms with Gasteiger partial charge in [0.25, 0.3) is 0 Å². The van der Waals surface area contributed by atoms with Gasteiger partial charge in [-0.15, -0.1) is 0 Å². The lowest BCUT2D eigenvalue weighted by molar-refractivity contribution is -0.167. The number of hydrogen-bond donors (Lipinski definition) is 0. The largest absolute Gasteiger partial charge is 0.462 e. The Kier molecular flexibility index (Phi) is 54.4. The van der Waals surface area contributed by atoms with Gasteiger partial charge in [-0.25, -0.2) is 0 Å². The lowest BCUT2D eigenvalue weighted by Gasteiger charge is -2.18. The maximum atomic E-state index is 12.9. The average Bonchev–Trinajstić information content (AvgIpc) is 3.32. The third kappa shape index (κ3) is 57.2. The highest BCUT2D eigenvalue weighted by atomic mass is 16.6. The molecule has 0 aromatic rings. The van der Waals surface area contributed by atoms with Crippen molar-refractivity contribution < 1.29 is 28.6 Å². The molecule has 410 valence electrons. The molecular weight excluding hydrogens is 853 g/mol. The molecule has 0 saturated heterocycles. The fraction of sp³-hybridized carbons (Fsp3) is 0.952. The van der Waals surface area contributed by atoms with E-state index in [1.165, 1.54) is 244 Å². The van der Waals surface area contributed by atoms with Gasteiger partial charge in [0.2, 0.25) is 0 Å². The zero-order valence-electron chi connectivity index (χ0n) is 47.5. The Bertz CT molecular complexity index is 1060. The predicted octanol–water partition coefficient (Wildman–Crippen LogP) is 20.8. The van der Waals surface area contributed by atoms with Crippen LogP contribution in [0.5, 0.6) is 0 Å². The summed E-state index contributed by atoms with van der Waals surface area (Å²) in [4.78, 5) is 38.2. The van der Waals surface area contributed by atoms with Gasteiger partial charge in [0.1, 0.15) is 13.2 Å². The van der Waals surface area contributed by atoms with Gasteiger partial charge >= 0.3 is 17.9 Å². The van der Waals surface area contributed by atoms with Gasteiger partial charge in [-0.05, 0) is 31.1 Å². The first-order valence-electron chi connectivity index (χ1n) is 31.2. The first-order valence-corrected chi connectivity index (χ1v) is 31.2. The Morgan fingerprint density at radius 3 is 0.710 bits per heavy atom. The molecular formula is C63H122O6.